The second kappa shape index (κ2) is 6.34. The third-order valence-corrected chi connectivity index (χ3v) is 4.95. The van der Waals surface area contributed by atoms with Crippen LogP contribution in [0, 0.1) is 5.92 Å². The van der Waals surface area contributed by atoms with Gasteiger partial charge < -0.3 is 15.0 Å². The van der Waals surface area contributed by atoms with Gasteiger partial charge in [-0.05, 0) is 25.7 Å². The smallest absolute Gasteiger partial charge is 0.246 e. The minimum atomic E-state index is -0.645. The van der Waals surface area contributed by atoms with E-state index in [2.05, 4.69) is 5.32 Å². The molecule has 2 unspecified atom stereocenters. The molecule has 120 valence electrons. The Morgan fingerprint density at radius 3 is 2.38 bits per heavy atom. The van der Waals surface area contributed by atoms with Gasteiger partial charge in [0.15, 0.2) is 0 Å². The molecular formula is C16H28N2O3. The van der Waals surface area contributed by atoms with E-state index in [9.17, 15) is 9.59 Å². The highest BCUT2D eigenvalue weighted by molar-refractivity contribution is 6.00. The van der Waals surface area contributed by atoms with Crippen molar-refractivity contribution < 1.29 is 14.3 Å². The Bertz CT molecular complexity index is 402. The lowest BCUT2D eigenvalue weighted by molar-refractivity contribution is -0.163. The van der Waals surface area contributed by atoms with Crippen molar-refractivity contribution in [3.8, 4) is 0 Å². The lowest BCUT2D eigenvalue weighted by Crippen LogP contribution is -2.72. The van der Waals surface area contributed by atoms with Gasteiger partial charge in [-0.25, -0.2) is 0 Å². The Morgan fingerprint density at radius 2 is 1.86 bits per heavy atom. The van der Waals surface area contributed by atoms with Gasteiger partial charge >= 0.3 is 0 Å². The normalized spacial score (nSPS) is 27.1. The van der Waals surface area contributed by atoms with Crippen LogP contribution in [-0.4, -0.2) is 48.1 Å². The van der Waals surface area contributed by atoms with E-state index < -0.39 is 11.6 Å². The first kappa shape index (κ1) is 16.3. The number of amides is 2. The summed E-state index contributed by atoms with van der Waals surface area (Å²) in [6, 6.07) is -0.408. The summed E-state index contributed by atoms with van der Waals surface area (Å²) in [4.78, 5) is 27.5. The maximum Gasteiger partial charge on any atom is 0.246 e. The molecule has 2 atom stereocenters. The molecule has 1 spiro atoms. The molecule has 0 aromatic heterocycles. The molecule has 1 aliphatic carbocycles. The highest BCUT2D eigenvalue weighted by Gasteiger charge is 2.53. The van der Waals surface area contributed by atoms with Crippen molar-refractivity contribution in [3.05, 3.63) is 0 Å². The van der Waals surface area contributed by atoms with E-state index in [1.54, 1.807) is 7.11 Å². The summed E-state index contributed by atoms with van der Waals surface area (Å²) in [5.74, 6) is 0.182. The largest absolute Gasteiger partial charge is 0.380 e. The average molecular weight is 296 g/mol. The summed E-state index contributed by atoms with van der Waals surface area (Å²) < 4.78 is 5.34. The minimum absolute atomic E-state index is 0.0313. The third-order valence-electron chi connectivity index (χ3n) is 4.95. The van der Waals surface area contributed by atoms with Crippen LogP contribution in [0.3, 0.4) is 0 Å². The molecule has 0 aromatic rings. The fourth-order valence-electron chi connectivity index (χ4n) is 3.52. The summed E-state index contributed by atoms with van der Waals surface area (Å²) in [6.45, 7) is 6.38. The Morgan fingerprint density at radius 1 is 1.24 bits per heavy atom. The van der Waals surface area contributed by atoms with Gasteiger partial charge in [0.1, 0.15) is 11.6 Å². The molecule has 2 amide bonds. The zero-order valence-corrected chi connectivity index (χ0v) is 13.6. The van der Waals surface area contributed by atoms with Crippen molar-refractivity contribution in [2.75, 3.05) is 13.7 Å². The van der Waals surface area contributed by atoms with Crippen molar-refractivity contribution in [2.24, 2.45) is 5.92 Å². The predicted octanol–water partition coefficient (Wildman–Crippen LogP) is 1.71. The Balaban J connectivity index is 2.32. The summed E-state index contributed by atoms with van der Waals surface area (Å²) >= 11 is 0. The van der Waals surface area contributed by atoms with Crippen molar-refractivity contribution in [3.63, 3.8) is 0 Å². The number of piperazine rings is 1. The highest BCUT2D eigenvalue weighted by Crippen LogP contribution is 2.37. The monoisotopic (exact) mass is 296 g/mol. The molecular weight excluding hydrogens is 268 g/mol. The SMILES string of the molecule is COC(C)CN1C(=O)C(C(C)C)NC(=O)C12CCCCC2. The topological polar surface area (TPSA) is 58.6 Å². The van der Waals surface area contributed by atoms with Crippen LogP contribution in [0.2, 0.25) is 0 Å². The number of carbonyl (C=O) groups excluding carboxylic acids is 2. The summed E-state index contributed by atoms with van der Waals surface area (Å²) in [6.07, 6.45) is 4.63. The van der Waals surface area contributed by atoms with E-state index in [1.165, 1.54) is 0 Å². The number of hydrogen-bond acceptors (Lipinski definition) is 3. The van der Waals surface area contributed by atoms with Gasteiger partial charge in [-0.15, -0.1) is 0 Å². The number of nitrogens with zero attached hydrogens (tertiary/aromatic N) is 1. The molecule has 1 heterocycles. The zero-order chi connectivity index (χ0) is 15.6. The molecule has 0 aromatic carbocycles. The van der Waals surface area contributed by atoms with E-state index in [0.717, 1.165) is 32.1 Å². The second-order valence-corrected chi connectivity index (χ2v) is 6.78. The molecule has 0 bridgehead atoms. The Labute approximate surface area is 127 Å². The number of hydrogen-bond donors (Lipinski definition) is 1. The van der Waals surface area contributed by atoms with Crippen LogP contribution in [0.5, 0.6) is 0 Å². The zero-order valence-electron chi connectivity index (χ0n) is 13.6. The molecule has 21 heavy (non-hydrogen) atoms. The molecule has 0 radical (unpaired) electrons. The first-order valence-corrected chi connectivity index (χ1v) is 8.07. The van der Waals surface area contributed by atoms with Gasteiger partial charge in [-0.1, -0.05) is 33.1 Å². The Kier molecular flexibility index (Phi) is 4.91. The van der Waals surface area contributed by atoms with Crippen LogP contribution in [0.15, 0.2) is 0 Å². The Hall–Kier alpha value is -1.10. The van der Waals surface area contributed by atoms with Crippen LogP contribution in [0.25, 0.3) is 0 Å². The van der Waals surface area contributed by atoms with Gasteiger partial charge in [0.25, 0.3) is 0 Å². The highest BCUT2D eigenvalue weighted by atomic mass is 16.5. The maximum absolute atomic E-state index is 12.9. The third kappa shape index (κ3) is 2.93. The number of nitrogens with one attached hydrogen (secondary N) is 1. The number of carbonyl (C=O) groups is 2. The van der Waals surface area contributed by atoms with E-state index in [0.29, 0.717) is 6.54 Å². The molecule has 1 N–H and O–H groups in total. The summed E-state index contributed by atoms with van der Waals surface area (Å²) in [7, 11) is 1.65. The molecule has 2 aliphatic rings. The molecule has 2 fully saturated rings. The van der Waals surface area contributed by atoms with Crippen LogP contribution < -0.4 is 5.32 Å². The van der Waals surface area contributed by atoms with Crippen molar-refractivity contribution >= 4 is 11.8 Å². The average Bonchev–Trinajstić information content (AvgIpc) is 2.48. The maximum atomic E-state index is 12.9. The first-order chi connectivity index (χ1) is 9.92. The van der Waals surface area contributed by atoms with Crippen LogP contribution in [0.1, 0.15) is 52.9 Å². The van der Waals surface area contributed by atoms with Gasteiger partial charge in [-0.2, -0.15) is 0 Å². The fourth-order valence-corrected chi connectivity index (χ4v) is 3.52. The summed E-state index contributed by atoms with van der Waals surface area (Å²) in [5, 5.41) is 2.98. The van der Waals surface area contributed by atoms with Crippen molar-refractivity contribution in [2.45, 2.75) is 70.6 Å². The minimum Gasteiger partial charge on any atom is -0.380 e. The molecule has 1 saturated heterocycles. The van der Waals surface area contributed by atoms with Gasteiger partial charge in [-0.3, -0.25) is 9.59 Å². The van der Waals surface area contributed by atoms with E-state index in [1.807, 2.05) is 25.7 Å². The quantitative estimate of drug-likeness (QED) is 0.859. The van der Waals surface area contributed by atoms with Gasteiger partial charge in [0.2, 0.25) is 11.8 Å². The molecule has 2 rings (SSSR count). The number of ether oxygens (including phenoxy) is 1. The molecule has 1 saturated carbocycles. The molecule has 5 nitrogen and oxygen atoms in total. The van der Waals surface area contributed by atoms with E-state index in [4.69, 9.17) is 4.74 Å². The number of rotatable bonds is 4. The second-order valence-electron chi connectivity index (χ2n) is 6.78. The summed E-state index contributed by atoms with van der Waals surface area (Å²) in [5.41, 5.74) is -0.645. The van der Waals surface area contributed by atoms with Crippen molar-refractivity contribution in [1.82, 2.24) is 10.2 Å². The lowest BCUT2D eigenvalue weighted by atomic mass is 9.76. The van der Waals surface area contributed by atoms with Crippen LogP contribution in [-0.2, 0) is 14.3 Å². The lowest BCUT2D eigenvalue weighted by Gasteiger charge is -2.51. The van der Waals surface area contributed by atoms with Gasteiger partial charge in [0.05, 0.1) is 6.10 Å². The standard InChI is InChI=1S/C16H28N2O3/c1-11(2)13-14(19)18(10-12(3)21-4)16(15(20)17-13)8-6-5-7-9-16/h11-13H,5-10H2,1-4H3,(H,17,20). The molecule has 1 aliphatic heterocycles. The van der Waals surface area contributed by atoms with Crippen LogP contribution >= 0.6 is 0 Å². The van der Waals surface area contributed by atoms with Crippen LogP contribution in [0.4, 0.5) is 0 Å². The van der Waals surface area contributed by atoms with E-state index >= 15 is 0 Å². The predicted molar refractivity (Wildman–Crippen MR) is 80.8 cm³/mol. The first-order valence-electron chi connectivity index (χ1n) is 8.07. The molecule has 5 heteroatoms. The fraction of sp³-hybridized carbons (Fsp3) is 0.875. The van der Waals surface area contributed by atoms with Crippen molar-refractivity contribution in [1.29, 1.82) is 0 Å². The van der Waals surface area contributed by atoms with Gasteiger partial charge in [0, 0.05) is 13.7 Å². The van der Waals surface area contributed by atoms with E-state index in [-0.39, 0.29) is 23.8 Å². The number of methoxy groups -OCH3 is 1.